The molecule has 0 atom stereocenters. The molecule has 1 rings (SSSR count). The largest absolute Gasteiger partial charge is 0.343 e. The van der Waals surface area contributed by atoms with Crippen LogP contribution >= 0.6 is 22.6 Å². The van der Waals surface area contributed by atoms with E-state index < -0.39 is 0 Å². The molecule has 0 saturated heterocycles. The van der Waals surface area contributed by atoms with Crippen LogP contribution in [0.4, 0.5) is 4.79 Å². The predicted molar refractivity (Wildman–Crippen MR) is 57.4 cm³/mol. The Balaban J connectivity index is 2.53. The Bertz CT molecular complexity index is 268. The van der Waals surface area contributed by atoms with Crippen molar-refractivity contribution < 1.29 is 4.79 Å². The third-order valence-electron chi connectivity index (χ3n) is 1.55. The minimum atomic E-state index is -0.0202. The van der Waals surface area contributed by atoms with Gasteiger partial charge in [-0.05, 0) is 12.5 Å². The van der Waals surface area contributed by atoms with Gasteiger partial charge in [-0.3, -0.25) is 4.79 Å². The Morgan fingerprint density at radius 3 is 2.50 bits per heavy atom. The number of nitrogens with one attached hydrogen (secondary N) is 1. The molecule has 0 aliphatic heterocycles. The van der Waals surface area contributed by atoms with Crippen LogP contribution in [-0.2, 0) is 6.54 Å². The minimum Gasteiger partial charge on any atom is -0.343 e. The topological polar surface area (TPSA) is 29.1 Å². The number of halogens is 1. The van der Waals surface area contributed by atoms with E-state index in [1.165, 1.54) is 5.56 Å². The molecule has 0 saturated carbocycles. The van der Waals surface area contributed by atoms with Gasteiger partial charge in [0.25, 0.3) is 3.91 Å². The van der Waals surface area contributed by atoms with Crippen molar-refractivity contribution in [3.63, 3.8) is 0 Å². The van der Waals surface area contributed by atoms with Gasteiger partial charge in [0, 0.05) is 29.1 Å². The van der Waals surface area contributed by atoms with Gasteiger partial charge >= 0.3 is 0 Å². The molecule has 0 bridgehead atoms. The Labute approximate surface area is 85.5 Å². The van der Waals surface area contributed by atoms with Crippen LogP contribution in [0.25, 0.3) is 0 Å². The van der Waals surface area contributed by atoms with Crippen LogP contribution in [0.3, 0.4) is 0 Å². The second-order valence-electron chi connectivity index (χ2n) is 2.61. The lowest BCUT2D eigenvalue weighted by molar-refractivity contribution is 0.262. The molecule has 64 valence electrons. The van der Waals surface area contributed by atoms with Crippen LogP contribution in [0.5, 0.6) is 0 Å². The zero-order valence-corrected chi connectivity index (χ0v) is 8.96. The molecule has 0 radical (unpaired) electrons. The molecule has 0 heterocycles. The molecule has 0 spiro atoms. The number of carbonyl (C=O) groups excluding carboxylic acids is 1. The molecule has 1 aromatic carbocycles. The second kappa shape index (κ2) is 4.45. The third-order valence-corrected chi connectivity index (χ3v) is 1.93. The molecule has 12 heavy (non-hydrogen) atoms. The molecular formula is C9H10INO. The van der Waals surface area contributed by atoms with Crippen molar-refractivity contribution in [2.45, 2.75) is 13.5 Å². The summed E-state index contributed by atoms with van der Waals surface area (Å²) in [6.07, 6.45) is 0. The molecule has 0 fully saturated rings. The van der Waals surface area contributed by atoms with Crippen LogP contribution in [0.15, 0.2) is 24.3 Å². The monoisotopic (exact) mass is 275 g/mol. The maximum absolute atomic E-state index is 10.6. The average Bonchev–Trinajstić information content (AvgIpc) is 2.03. The van der Waals surface area contributed by atoms with Gasteiger partial charge in [0.1, 0.15) is 0 Å². The number of aryl methyl sites for hydroxylation is 1. The fourth-order valence-corrected chi connectivity index (χ4v) is 1.07. The number of amides is 1. The first kappa shape index (κ1) is 9.51. The molecule has 1 aromatic rings. The SMILES string of the molecule is Cc1ccc(CNC(=O)I)cc1. The summed E-state index contributed by atoms with van der Waals surface area (Å²) in [4.78, 5) is 10.6. The Morgan fingerprint density at radius 2 is 2.00 bits per heavy atom. The Morgan fingerprint density at radius 1 is 1.42 bits per heavy atom. The maximum atomic E-state index is 10.6. The Hall–Kier alpha value is -0.580. The predicted octanol–water partition coefficient (Wildman–Crippen LogP) is 2.64. The van der Waals surface area contributed by atoms with E-state index in [1.807, 2.05) is 31.2 Å². The lowest BCUT2D eigenvalue weighted by atomic mass is 10.1. The van der Waals surface area contributed by atoms with Gasteiger partial charge in [-0.25, -0.2) is 0 Å². The molecule has 1 N–H and O–H groups in total. The summed E-state index contributed by atoms with van der Waals surface area (Å²) in [6.45, 7) is 2.66. The Kier molecular flexibility index (Phi) is 3.52. The van der Waals surface area contributed by atoms with Crippen LogP contribution < -0.4 is 5.32 Å². The smallest absolute Gasteiger partial charge is 0.280 e. The third kappa shape index (κ3) is 3.21. The first-order valence-corrected chi connectivity index (χ1v) is 4.75. The highest BCUT2D eigenvalue weighted by Gasteiger charge is 1.94. The first-order chi connectivity index (χ1) is 5.68. The fraction of sp³-hybridized carbons (Fsp3) is 0.222. The summed E-state index contributed by atoms with van der Waals surface area (Å²) in [6, 6.07) is 8.10. The molecular weight excluding hydrogens is 265 g/mol. The maximum Gasteiger partial charge on any atom is 0.280 e. The average molecular weight is 275 g/mol. The quantitative estimate of drug-likeness (QED) is 0.502. The number of hydrogen-bond donors (Lipinski definition) is 1. The van der Waals surface area contributed by atoms with E-state index in [9.17, 15) is 4.79 Å². The van der Waals surface area contributed by atoms with Crippen molar-refractivity contribution in [3.05, 3.63) is 35.4 Å². The summed E-state index contributed by atoms with van der Waals surface area (Å²) in [5.74, 6) is 0. The zero-order valence-electron chi connectivity index (χ0n) is 6.80. The van der Waals surface area contributed by atoms with Crippen LogP contribution in [0.1, 0.15) is 11.1 Å². The van der Waals surface area contributed by atoms with E-state index in [0.717, 1.165) is 5.56 Å². The second-order valence-corrected chi connectivity index (χ2v) is 3.59. The van der Waals surface area contributed by atoms with Crippen LogP contribution in [0, 0.1) is 6.92 Å². The van der Waals surface area contributed by atoms with Crippen molar-refractivity contribution in [2.24, 2.45) is 0 Å². The summed E-state index contributed by atoms with van der Waals surface area (Å²) in [5.41, 5.74) is 2.37. The van der Waals surface area contributed by atoms with Crippen LogP contribution in [-0.4, -0.2) is 3.91 Å². The standard InChI is InChI=1S/C9H10INO/c1-7-2-4-8(5-3-7)6-11-9(10)12/h2-5H,6H2,1H3,(H,11,12). The van der Waals surface area contributed by atoms with E-state index >= 15 is 0 Å². The molecule has 0 aliphatic rings. The van der Waals surface area contributed by atoms with Gasteiger partial charge in [-0.2, -0.15) is 0 Å². The molecule has 2 nitrogen and oxygen atoms in total. The van der Waals surface area contributed by atoms with E-state index in [1.54, 1.807) is 22.6 Å². The van der Waals surface area contributed by atoms with Crippen LogP contribution in [0.2, 0.25) is 0 Å². The van der Waals surface area contributed by atoms with E-state index in [4.69, 9.17) is 0 Å². The van der Waals surface area contributed by atoms with Crippen molar-refractivity contribution in [1.29, 1.82) is 0 Å². The number of hydrogen-bond acceptors (Lipinski definition) is 1. The van der Waals surface area contributed by atoms with Crippen molar-refractivity contribution in [2.75, 3.05) is 0 Å². The highest BCUT2D eigenvalue weighted by Crippen LogP contribution is 2.02. The van der Waals surface area contributed by atoms with Gasteiger partial charge in [0.05, 0.1) is 0 Å². The van der Waals surface area contributed by atoms with Gasteiger partial charge in [0.2, 0.25) is 0 Å². The van der Waals surface area contributed by atoms with E-state index in [2.05, 4.69) is 5.32 Å². The number of benzene rings is 1. The summed E-state index contributed by atoms with van der Waals surface area (Å²) in [5, 5.41) is 2.73. The zero-order chi connectivity index (χ0) is 8.97. The number of rotatable bonds is 2. The molecule has 3 heteroatoms. The first-order valence-electron chi connectivity index (χ1n) is 3.67. The van der Waals surface area contributed by atoms with Gasteiger partial charge < -0.3 is 5.32 Å². The molecule has 1 amide bonds. The summed E-state index contributed by atoms with van der Waals surface area (Å²) >= 11 is 1.73. The van der Waals surface area contributed by atoms with Gasteiger partial charge in [-0.15, -0.1) is 0 Å². The lowest BCUT2D eigenvalue weighted by Gasteiger charge is -2.01. The molecule has 0 unspecified atom stereocenters. The lowest BCUT2D eigenvalue weighted by Crippen LogP contribution is -2.14. The number of carbonyl (C=O) groups is 1. The van der Waals surface area contributed by atoms with Gasteiger partial charge in [0.15, 0.2) is 0 Å². The van der Waals surface area contributed by atoms with Gasteiger partial charge in [-0.1, -0.05) is 29.8 Å². The van der Waals surface area contributed by atoms with E-state index in [-0.39, 0.29) is 3.91 Å². The normalized spacial score (nSPS) is 9.50. The molecule has 0 aliphatic carbocycles. The van der Waals surface area contributed by atoms with Crippen molar-refractivity contribution >= 4 is 26.5 Å². The summed E-state index contributed by atoms with van der Waals surface area (Å²) in [7, 11) is 0. The fourth-order valence-electron chi connectivity index (χ4n) is 0.877. The van der Waals surface area contributed by atoms with Crippen molar-refractivity contribution in [3.8, 4) is 0 Å². The highest BCUT2D eigenvalue weighted by molar-refractivity contribution is 14.1. The van der Waals surface area contributed by atoms with E-state index in [0.29, 0.717) is 6.54 Å². The van der Waals surface area contributed by atoms with Crippen molar-refractivity contribution in [1.82, 2.24) is 5.32 Å². The highest BCUT2D eigenvalue weighted by atomic mass is 127. The minimum absolute atomic E-state index is 0.0202. The summed E-state index contributed by atoms with van der Waals surface area (Å²) < 4.78 is -0.0202. The molecule has 0 aromatic heterocycles.